The number of aromatic nitrogens is 2. The second kappa shape index (κ2) is 11.7. The van der Waals surface area contributed by atoms with Crippen molar-refractivity contribution >= 4 is 17.6 Å². The molecule has 1 heterocycles. The van der Waals surface area contributed by atoms with Gasteiger partial charge >= 0.3 is 0 Å². The van der Waals surface area contributed by atoms with Gasteiger partial charge in [-0.05, 0) is 59.1 Å². The third-order valence-corrected chi connectivity index (χ3v) is 4.24. The number of aliphatic hydroxyl groups is 3. The monoisotopic (exact) mass is 373 g/mol. The molecule has 7 heteroatoms. The number of rotatable bonds is 4. The maximum Gasteiger partial charge on any atom is 0.189 e. The molecule has 1 aliphatic carbocycles. The average molecular weight is 374 g/mol. The Hall–Kier alpha value is -0.890. The lowest BCUT2D eigenvalue weighted by atomic mass is 10.1. The van der Waals surface area contributed by atoms with Gasteiger partial charge in [-0.2, -0.15) is 0 Å². The zero-order chi connectivity index (χ0) is 19.6. The molecular formula is C18H35N3O3S. The van der Waals surface area contributed by atoms with E-state index in [9.17, 15) is 5.11 Å². The van der Waals surface area contributed by atoms with Crippen LogP contribution in [0.2, 0.25) is 0 Å². The fraction of sp³-hybridized carbons (Fsp3) is 0.778. The van der Waals surface area contributed by atoms with Gasteiger partial charge in [0, 0.05) is 23.9 Å². The summed E-state index contributed by atoms with van der Waals surface area (Å²) in [5.74, 6) is -0.0961. The molecule has 1 aromatic rings. The summed E-state index contributed by atoms with van der Waals surface area (Å²) in [5, 5.41) is 29.7. The lowest BCUT2D eigenvalue weighted by molar-refractivity contribution is -0.127. The van der Waals surface area contributed by atoms with Gasteiger partial charge in [-0.1, -0.05) is 25.6 Å². The van der Waals surface area contributed by atoms with Crippen LogP contribution in [0.3, 0.4) is 0 Å². The molecule has 1 saturated carbocycles. The summed E-state index contributed by atoms with van der Waals surface area (Å²) < 4.78 is 0. The number of aryl methyl sites for hydroxylation is 1. The molecule has 0 aliphatic heterocycles. The summed E-state index contributed by atoms with van der Waals surface area (Å²) >= 11 is 1.57. The number of hydrogen-bond donors (Lipinski definition) is 4. The lowest BCUT2D eigenvalue weighted by Gasteiger charge is -2.16. The SMILES string of the molecule is CC.CC(C)(O)O.CSc1nc(C)c(C)c(NC2CCC(CO)C2)n1. The van der Waals surface area contributed by atoms with Gasteiger partial charge in [0.05, 0.1) is 0 Å². The predicted molar refractivity (Wildman–Crippen MR) is 105 cm³/mol. The number of thioether (sulfide) groups is 1. The molecule has 2 atom stereocenters. The van der Waals surface area contributed by atoms with Crippen LogP contribution in [-0.2, 0) is 0 Å². The summed E-state index contributed by atoms with van der Waals surface area (Å²) in [5.41, 5.74) is 2.16. The minimum Gasteiger partial charge on any atom is -0.396 e. The summed E-state index contributed by atoms with van der Waals surface area (Å²) in [6.45, 7) is 11.0. The van der Waals surface area contributed by atoms with Gasteiger partial charge in [-0.3, -0.25) is 0 Å². The van der Waals surface area contributed by atoms with Crippen LogP contribution in [-0.4, -0.2) is 50.0 Å². The van der Waals surface area contributed by atoms with Crippen LogP contribution < -0.4 is 5.32 Å². The van der Waals surface area contributed by atoms with Crippen LogP contribution >= 0.6 is 11.8 Å². The second-order valence-electron chi connectivity index (χ2n) is 6.47. The van der Waals surface area contributed by atoms with Gasteiger partial charge in [-0.15, -0.1) is 0 Å². The van der Waals surface area contributed by atoms with Crippen molar-refractivity contribution in [1.82, 2.24) is 9.97 Å². The Morgan fingerprint density at radius 3 is 2.16 bits per heavy atom. The summed E-state index contributed by atoms with van der Waals surface area (Å²) in [6.07, 6.45) is 5.24. The molecule has 0 amide bonds. The van der Waals surface area contributed by atoms with E-state index in [4.69, 9.17) is 10.2 Å². The number of aliphatic hydroxyl groups excluding tert-OH is 1. The number of anilines is 1. The van der Waals surface area contributed by atoms with E-state index in [1.165, 1.54) is 13.8 Å². The zero-order valence-corrected chi connectivity index (χ0v) is 17.4. The highest BCUT2D eigenvalue weighted by Crippen LogP contribution is 2.29. The van der Waals surface area contributed by atoms with E-state index < -0.39 is 5.79 Å². The van der Waals surface area contributed by atoms with E-state index in [0.29, 0.717) is 18.6 Å². The molecular weight excluding hydrogens is 338 g/mol. The molecule has 25 heavy (non-hydrogen) atoms. The quantitative estimate of drug-likeness (QED) is 0.366. The molecule has 6 nitrogen and oxygen atoms in total. The highest BCUT2D eigenvalue weighted by Gasteiger charge is 2.24. The van der Waals surface area contributed by atoms with Gasteiger partial charge in [-0.25, -0.2) is 9.97 Å². The summed E-state index contributed by atoms with van der Waals surface area (Å²) in [4.78, 5) is 8.97. The predicted octanol–water partition coefficient (Wildman–Crippen LogP) is 3.12. The first kappa shape index (κ1) is 24.1. The highest BCUT2D eigenvalue weighted by molar-refractivity contribution is 7.98. The third kappa shape index (κ3) is 9.99. The fourth-order valence-electron chi connectivity index (χ4n) is 2.40. The number of hydrogen-bond acceptors (Lipinski definition) is 7. The van der Waals surface area contributed by atoms with E-state index >= 15 is 0 Å². The lowest BCUT2D eigenvalue weighted by Crippen LogP contribution is -2.18. The molecule has 0 bridgehead atoms. The van der Waals surface area contributed by atoms with Crippen LogP contribution in [0.25, 0.3) is 0 Å². The second-order valence-corrected chi connectivity index (χ2v) is 7.24. The summed E-state index contributed by atoms with van der Waals surface area (Å²) in [6, 6.07) is 0.435. The van der Waals surface area contributed by atoms with Crippen molar-refractivity contribution in [2.24, 2.45) is 5.92 Å². The molecule has 0 radical (unpaired) electrons. The van der Waals surface area contributed by atoms with Gasteiger partial charge in [0.25, 0.3) is 0 Å². The van der Waals surface area contributed by atoms with E-state index in [1.807, 2.05) is 27.0 Å². The Kier molecular flexibility index (Phi) is 11.3. The highest BCUT2D eigenvalue weighted by atomic mass is 32.2. The summed E-state index contributed by atoms with van der Waals surface area (Å²) in [7, 11) is 0. The van der Waals surface area contributed by atoms with Crippen LogP contribution in [0.15, 0.2) is 5.16 Å². The topological polar surface area (TPSA) is 98.5 Å². The van der Waals surface area contributed by atoms with Crippen LogP contribution in [0.4, 0.5) is 5.82 Å². The first-order valence-electron chi connectivity index (χ1n) is 8.85. The van der Waals surface area contributed by atoms with Gasteiger partial charge in [0.1, 0.15) is 5.82 Å². The van der Waals surface area contributed by atoms with Crippen LogP contribution in [0, 0.1) is 19.8 Å². The molecule has 1 aliphatic rings. The maximum absolute atomic E-state index is 9.17. The fourth-order valence-corrected chi connectivity index (χ4v) is 2.81. The van der Waals surface area contributed by atoms with Crippen molar-refractivity contribution in [3.05, 3.63) is 11.3 Å². The Bertz CT molecular complexity index is 501. The van der Waals surface area contributed by atoms with E-state index in [1.54, 1.807) is 11.8 Å². The molecule has 0 spiro atoms. The molecule has 0 aromatic carbocycles. The van der Waals surface area contributed by atoms with Crippen molar-refractivity contribution in [3.63, 3.8) is 0 Å². The Morgan fingerprint density at radius 1 is 1.16 bits per heavy atom. The standard InChI is InChI=1S/C13H21N3OS.C3H8O2.C2H6/c1-8-9(2)14-13(18-3)16-12(8)15-11-5-4-10(6-11)7-17;1-3(2,4)5;1-2/h10-11,17H,4-7H2,1-3H3,(H,14,15,16);4-5H,1-2H3;1-2H3. The van der Waals surface area contributed by atoms with Crippen LogP contribution in [0.1, 0.15) is 58.2 Å². The molecule has 0 saturated heterocycles. The molecule has 2 rings (SSSR count). The first-order chi connectivity index (χ1) is 11.6. The number of nitrogens with one attached hydrogen (secondary N) is 1. The van der Waals surface area contributed by atoms with Gasteiger partial charge in [0.15, 0.2) is 10.9 Å². The van der Waals surface area contributed by atoms with Crippen molar-refractivity contribution in [3.8, 4) is 0 Å². The zero-order valence-electron chi connectivity index (χ0n) is 16.6. The normalized spacial score (nSPS) is 19.4. The Labute approximate surface area is 156 Å². The minimum absolute atomic E-state index is 0.302. The van der Waals surface area contributed by atoms with Crippen molar-refractivity contribution in [2.75, 3.05) is 18.2 Å². The average Bonchev–Trinajstić information content (AvgIpc) is 2.99. The Morgan fingerprint density at radius 2 is 1.72 bits per heavy atom. The van der Waals surface area contributed by atoms with Crippen molar-refractivity contribution in [2.45, 2.75) is 77.8 Å². The maximum atomic E-state index is 9.17. The molecule has 2 unspecified atom stereocenters. The third-order valence-electron chi connectivity index (χ3n) is 3.69. The van der Waals surface area contributed by atoms with Crippen molar-refractivity contribution in [1.29, 1.82) is 0 Å². The smallest absolute Gasteiger partial charge is 0.189 e. The molecule has 146 valence electrons. The molecule has 1 fully saturated rings. The largest absolute Gasteiger partial charge is 0.396 e. The van der Waals surface area contributed by atoms with Gasteiger partial charge in [0.2, 0.25) is 0 Å². The first-order valence-corrected chi connectivity index (χ1v) is 10.1. The Balaban J connectivity index is 0.000000710. The minimum atomic E-state index is -1.50. The molecule has 1 aromatic heterocycles. The van der Waals surface area contributed by atoms with Crippen molar-refractivity contribution < 1.29 is 15.3 Å². The van der Waals surface area contributed by atoms with Crippen LogP contribution in [0.5, 0.6) is 0 Å². The van der Waals surface area contributed by atoms with E-state index in [-0.39, 0.29) is 0 Å². The van der Waals surface area contributed by atoms with E-state index in [2.05, 4.69) is 22.2 Å². The molecule has 4 N–H and O–H groups in total. The number of nitrogens with zero attached hydrogens (tertiary/aromatic N) is 2. The van der Waals surface area contributed by atoms with Gasteiger partial charge < -0.3 is 20.6 Å². The van der Waals surface area contributed by atoms with E-state index in [0.717, 1.165) is 41.5 Å².